The summed E-state index contributed by atoms with van der Waals surface area (Å²) in [6, 6.07) is 8.02. The van der Waals surface area contributed by atoms with Crippen LogP contribution < -0.4 is 0 Å². The molecule has 2 heterocycles. The topological polar surface area (TPSA) is 42.7 Å². The van der Waals surface area contributed by atoms with Crippen LogP contribution in [0, 0.1) is 0 Å². The molecule has 1 saturated heterocycles. The molecular weight excluding hydrogens is 359 g/mol. The Kier molecular flexibility index (Phi) is 4.72. The van der Waals surface area contributed by atoms with Gasteiger partial charge in [0.2, 0.25) is 0 Å². The molecule has 1 saturated carbocycles. The Balaban J connectivity index is 1.56. The summed E-state index contributed by atoms with van der Waals surface area (Å²) in [4.78, 5) is 14.7. The lowest BCUT2D eigenvalue weighted by atomic mass is 9.90. The number of rotatable bonds is 2. The molecule has 2 aromatic rings. The molecule has 2 fully saturated rings. The van der Waals surface area contributed by atoms with Crippen LogP contribution in [0.2, 0.25) is 0 Å². The van der Waals surface area contributed by atoms with Gasteiger partial charge in [0.05, 0.1) is 24.3 Å². The average molecular weight is 379 g/mol. The lowest BCUT2D eigenvalue weighted by Gasteiger charge is -2.43. The molecule has 2 aliphatic rings. The first kappa shape index (κ1) is 18.1. The predicted molar refractivity (Wildman–Crippen MR) is 92.2 cm³/mol. The number of benzene rings is 1. The van der Waals surface area contributed by atoms with E-state index in [4.69, 9.17) is 9.15 Å². The van der Waals surface area contributed by atoms with Crippen LogP contribution in [-0.4, -0.2) is 36.1 Å². The first-order valence-corrected chi connectivity index (χ1v) is 9.13. The van der Waals surface area contributed by atoms with E-state index < -0.39 is 11.7 Å². The molecule has 2 atom stereocenters. The fourth-order valence-electron chi connectivity index (χ4n) is 3.95. The number of hydrogen-bond acceptors (Lipinski definition) is 3. The zero-order chi connectivity index (χ0) is 19.0. The third-order valence-electron chi connectivity index (χ3n) is 5.28. The van der Waals surface area contributed by atoms with Crippen LogP contribution in [-0.2, 0) is 10.9 Å². The quantitative estimate of drug-likeness (QED) is 0.756. The molecule has 1 aliphatic heterocycles. The van der Waals surface area contributed by atoms with Crippen molar-refractivity contribution in [2.75, 3.05) is 13.2 Å². The summed E-state index contributed by atoms with van der Waals surface area (Å²) in [5.74, 6) is 0.167. The Bertz CT molecular complexity index is 828. The second kappa shape index (κ2) is 7.03. The second-order valence-electron chi connectivity index (χ2n) is 7.00. The van der Waals surface area contributed by atoms with E-state index in [-0.39, 0.29) is 29.6 Å². The molecule has 1 amide bonds. The Morgan fingerprint density at radius 1 is 1.11 bits per heavy atom. The Morgan fingerprint density at radius 2 is 1.93 bits per heavy atom. The fraction of sp³-hybridized carbons (Fsp3) is 0.450. The van der Waals surface area contributed by atoms with Crippen molar-refractivity contribution in [1.82, 2.24) is 4.90 Å². The zero-order valence-corrected chi connectivity index (χ0v) is 14.7. The van der Waals surface area contributed by atoms with E-state index in [1.807, 2.05) is 0 Å². The van der Waals surface area contributed by atoms with Gasteiger partial charge < -0.3 is 14.1 Å². The number of morpholine rings is 1. The number of fused-ring (bicyclic) bond motifs is 1. The molecule has 27 heavy (non-hydrogen) atoms. The maximum absolute atomic E-state index is 12.9. The van der Waals surface area contributed by atoms with Crippen LogP contribution in [0.4, 0.5) is 13.2 Å². The van der Waals surface area contributed by atoms with E-state index in [9.17, 15) is 18.0 Å². The van der Waals surface area contributed by atoms with Gasteiger partial charge in [-0.2, -0.15) is 13.2 Å². The van der Waals surface area contributed by atoms with Gasteiger partial charge in [-0.15, -0.1) is 0 Å². The van der Waals surface area contributed by atoms with Gasteiger partial charge in [0.1, 0.15) is 5.76 Å². The van der Waals surface area contributed by atoms with Crippen molar-refractivity contribution in [3.63, 3.8) is 0 Å². The first-order chi connectivity index (χ1) is 12.9. The number of alkyl halides is 3. The van der Waals surface area contributed by atoms with Crippen molar-refractivity contribution >= 4 is 5.91 Å². The normalized spacial score (nSPS) is 23.1. The summed E-state index contributed by atoms with van der Waals surface area (Å²) in [6.07, 6.45) is -0.356. The van der Waals surface area contributed by atoms with Crippen molar-refractivity contribution < 1.29 is 27.1 Å². The predicted octanol–water partition coefficient (Wildman–Crippen LogP) is 4.75. The van der Waals surface area contributed by atoms with Crippen LogP contribution in [0.5, 0.6) is 0 Å². The first-order valence-electron chi connectivity index (χ1n) is 9.13. The molecule has 4 rings (SSSR count). The third kappa shape index (κ3) is 3.60. The summed E-state index contributed by atoms with van der Waals surface area (Å²) in [7, 11) is 0. The average Bonchev–Trinajstić information content (AvgIpc) is 3.17. The molecule has 0 bridgehead atoms. The minimum Gasteiger partial charge on any atom is -0.451 e. The molecule has 0 spiro atoms. The van der Waals surface area contributed by atoms with Gasteiger partial charge in [0, 0.05) is 12.1 Å². The molecule has 144 valence electrons. The van der Waals surface area contributed by atoms with Crippen molar-refractivity contribution in [3.8, 4) is 11.3 Å². The number of hydrogen-bond donors (Lipinski definition) is 0. The summed E-state index contributed by atoms with van der Waals surface area (Å²) in [5.41, 5.74) is -0.455. The molecule has 7 heteroatoms. The second-order valence-corrected chi connectivity index (χ2v) is 7.00. The number of furan rings is 1. The number of carbonyl (C=O) groups excluding carboxylic acids is 1. The standard InChI is InChI=1S/C20H20F3NO3/c21-20(22,23)14-5-3-4-13(12-14)16-8-9-18(27-16)19(25)24-10-11-26-17-7-2-1-6-15(17)24/h3-5,8-9,12,15,17H,1-2,6-7,10-11H2. The lowest BCUT2D eigenvalue weighted by Crippen LogP contribution is -2.54. The molecule has 4 nitrogen and oxygen atoms in total. The van der Waals surface area contributed by atoms with E-state index >= 15 is 0 Å². The Hall–Kier alpha value is -2.28. The van der Waals surface area contributed by atoms with E-state index in [0.717, 1.165) is 37.8 Å². The van der Waals surface area contributed by atoms with Crippen molar-refractivity contribution in [1.29, 1.82) is 0 Å². The van der Waals surface area contributed by atoms with Gasteiger partial charge in [-0.25, -0.2) is 0 Å². The Labute approximate surface area is 154 Å². The van der Waals surface area contributed by atoms with Crippen molar-refractivity contribution in [2.45, 2.75) is 44.0 Å². The van der Waals surface area contributed by atoms with Crippen LogP contribution >= 0.6 is 0 Å². The number of amides is 1. The maximum Gasteiger partial charge on any atom is 0.416 e. The number of halogens is 3. The summed E-state index contributed by atoms with van der Waals surface area (Å²) < 4.78 is 50.2. The van der Waals surface area contributed by atoms with E-state index in [1.165, 1.54) is 18.2 Å². The van der Waals surface area contributed by atoms with Gasteiger partial charge in [-0.05, 0) is 37.1 Å². The van der Waals surface area contributed by atoms with Gasteiger partial charge in [-0.3, -0.25) is 4.79 Å². The third-order valence-corrected chi connectivity index (χ3v) is 5.28. The van der Waals surface area contributed by atoms with Gasteiger partial charge >= 0.3 is 6.18 Å². The highest BCUT2D eigenvalue weighted by Gasteiger charge is 2.38. The SMILES string of the molecule is O=C(c1ccc(-c2cccc(C(F)(F)F)c2)o1)N1CCOC2CCCCC21. The summed E-state index contributed by atoms with van der Waals surface area (Å²) >= 11 is 0. The van der Waals surface area contributed by atoms with E-state index in [0.29, 0.717) is 18.7 Å². The zero-order valence-electron chi connectivity index (χ0n) is 14.7. The molecule has 2 unspecified atom stereocenters. The summed E-state index contributed by atoms with van der Waals surface area (Å²) in [5, 5.41) is 0. The molecule has 0 radical (unpaired) electrons. The molecular formula is C20H20F3NO3. The van der Waals surface area contributed by atoms with Crippen LogP contribution in [0.1, 0.15) is 41.8 Å². The highest BCUT2D eigenvalue weighted by molar-refractivity contribution is 5.92. The van der Waals surface area contributed by atoms with E-state index in [1.54, 1.807) is 11.0 Å². The Morgan fingerprint density at radius 3 is 2.74 bits per heavy atom. The lowest BCUT2D eigenvalue weighted by molar-refractivity contribution is -0.137. The minimum atomic E-state index is -4.43. The van der Waals surface area contributed by atoms with Crippen LogP contribution in [0.15, 0.2) is 40.8 Å². The van der Waals surface area contributed by atoms with Gasteiger partial charge in [-0.1, -0.05) is 25.0 Å². The van der Waals surface area contributed by atoms with Gasteiger partial charge in [0.25, 0.3) is 5.91 Å². The number of ether oxygens (including phenoxy) is 1. The smallest absolute Gasteiger partial charge is 0.416 e. The maximum atomic E-state index is 12.9. The number of nitrogens with zero attached hydrogens (tertiary/aromatic N) is 1. The molecule has 1 aromatic carbocycles. The highest BCUT2D eigenvalue weighted by atomic mass is 19.4. The van der Waals surface area contributed by atoms with Crippen LogP contribution in [0.25, 0.3) is 11.3 Å². The minimum absolute atomic E-state index is 0.0436. The van der Waals surface area contributed by atoms with Crippen LogP contribution in [0.3, 0.4) is 0 Å². The number of carbonyl (C=O) groups is 1. The van der Waals surface area contributed by atoms with E-state index in [2.05, 4.69) is 0 Å². The molecule has 1 aromatic heterocycles. The van der Waals surface area contributed by atoms with Crippen molar-refractivity contribution in [3.05, 3.63) is 47.7 Å². The highest BCUT2D eigenvalue weighted by Crippen LogP contribution is 2.34. The largest absolute Gasteiger partial charge is 0.451 e. The fourth-order valence-corrected chi connectivity index (χ4v) is 3.95. The molecule has 0 N–H and O–H groups in total. The molecule has 1 aliphatic carbocycles. The van der Waals surface area contributed by atoms with Crippen molar-refractivity contribution in [2.24, 2.45) is 0 Å². The summed E-state index contributed by atoms with van der Waals surface area (Å²) in [6.45, 7) is 0.994. The monoisotopic (exact) mass is 379 g/mol. The van der Waals surface area contributed by atoms with Gasteiger partial charge in [0.15, 0.2) is 5.76 Å².